The molecule has 0 aromatic carbocycles. The van der Waals surface area contributed by atoms with E-state index < -0.39 is 0 Å². The highest BCUT2D eigenvalue weighted by Crippen LogP contribution is 2.06. The number of aryl methyl sites for hydroxylation is 2. The van der Waals surface area contributed by atoms with Crippen LogP contribution in [0.25, 0.3) is 0 Å². The van der Waals surface area contributed by atoms with Crippen LogP contribution < -0.4 is 0 Å². The van der Waals surface area contributed by atoms with Crippen LogP contribution in [0.15, 0.2) is 29.1 Å². The SMILES string of the molecule is CCn1ncnc1CC(=O)CCc1ccco1. The van der Waals surface area contributed by atoms with Gasteiger partial charge in [0.2, 0.25) is 0 Å². The van der Waals surface area contributed by atoms with Gasteiger partial charge in [0.25, 0.3) is 0 Å². The van der Waals surface area contributed by atoms with E-state index in [1.165, 1.54) is 6.33 Å². The van der Waals surface area contributed by atoms with Crippen LogP contribution in [0.4, 0.5) is 0 Å². The first kappa shape index (κ1) is 11.6. The van der Waals surface area contributed by atoms with Gasteiger partial charge in [-0.15, -0.1) is 0 Å². The zero-order valence-corrected chi connectivity index (χ0v) is 9.80. The van der Waals surface area contributed by atoms with Crippen molar-refractivity contribution < 1.29 is 9.21 Å². The van der Waals surface area contributed by atoms with Crippen LogP contribution >= 0.6 is 0 Å². The summed E-state index contributed by atoms with van der Waals surface area (Å²) < 4.78 is 6.92. The van der Waals surface area contributed by atoms with Gasteiger partial charge in [-0.25, -0.2) is 9.67 Å². The molecule has 2 heterocycles. The first-order valence-electron chi connectivity index (χ1n) is 5.70. The Kier molecular flexibility index (Phi) is 3.69. The zero-order valence-electron chi connectivity index (χ0n) is 9.80. The number of carbonyl (C=O) groups is 1. The normalized spacial score (nSPS) is 10.6. The summed E-state index contributed by atoms with van der Waals surface area (Å²) in [6, 6.07) is 3.70. The van der Waals surface area contributed by atoms with E-state index in [9.17, 15) is 4.79 Å². The summed E-state index contributed by atoms with van der Waals surface area (Å²) >= 11 is 0. The van der Waals surface area contributed by atoms with Gasteiger partial charge < -0.3 is 4.42 Å². The van der Waals surface area contributed by atoms with Gasteiger partial charge in [-0.1, -0.05) is 0 Å². The van der Waals surface area contributed by atoms with Crippen LogP contribution in [0.5, 0.6) is 0 Å². The number of rotatable bonds is 6. The Labute approximate surface area is 99.5 Å². The predicted molar refractivity (Wildman–Crippen MR) is 61.4 cm³/mol. The minimum atomic E-state index is 0.157. The third-order valence-electron chi connectivity index (χ3n) is 2.58. The third kappa shape index (κ3) is 3.03. The molecular formula is C12H15N3O2. The average molecular weight is 233 g/mol. The molecule has 5 nitrogen and oxygen atoms in total. The van der Waals surface area contributed by atoms with Crippen LogP contribution in [-0.2, 0) is 24.2 Å². The highest BCUT2D eigenvalue weighted by molar-refractivity contribution is 5.80. The number of Topliss-reactive ketones (excluding diaryl/α,β-unsaturated/α-hetero) is 1. The maximum Gasteiger partial charge on any atom is 0.140 e. The number of hydrogen-bond donors (Lipinski definition) is 0. The molecule has 17 heavy (non-hydrogen) atoms. The Balaban J connectivity index is 1.85. The van der Waals surface area contributed by atoms with Gasteiger partial charge in [-0.3, -0.25) is 4.79 Å². The van der Waals surface area contributed by atoms with Gasteiger partial charge in [-0.2, -0.15) is 5.10 Å². The molecule has 2 aromatic rings. The first-order chi connectivity index (χ1) is 8.29. The molecule has 0 bridgehead atoms. The number of hydrogen-bond acceptors (Lipinski definition) is 4. The molecule has 0 saturated heterocycles. The highest BCUT2D eigenvalue weighted by Gasteiger charge is 2.10. The van der Waals surface area contributed by atoms with Gasteiger partial charge in [-0.05, 0) is 19.1 Å². The Morgan fingerprint density at radius 2 is 2.41 bits per heavy atom. The zero-order chi connectivity index (χ0) is 12.1. The topological polar surface area (TPSA) is 60.9 Å². The molecule has 2 rings (SSSR count). The fraction of sp³-hybridized carbons (Fsp3) is 0.417. The molecule has 90 valence electrons. The van der Waals surface area contributed by atoms with E-state index in [0.717, 1.165) is 18.1 Å². The highest BCUT2D eigenvalue weighted by atomic mass is 16.3. The molecule has 0 fully saturated rings. The molecule has 0 unspecified atom stereocenters. The molecule has 0 spiro atoms. The Morgan fingerprint density at radius 1 is 1.53 bits per heavy atom. The molecule has 0 radical (unpaired) electrons. The standard InChI is InChI=1S/C12H15N3O2/c1-2-15-12(13-9-14-15)8-10(16)5-6-11-4-3-7-17-11/h3-4,7,9H,2,5-6,8H2,1H3. The largest absolute Gasteiger partial charge is 0.469 e. The summed E-state index contributed by atoms with van der Waals surface area (Å²) in [4.78, 5) is 15.8. The van der Waals surface area contributed by atoms with Crippen molar-refractivity contribution in [1.29, 1.82) is 0 Å². The van der Waals surface area contributed by atoms with Crippen LogP contribution in [0.2, 0.25) is 0 Å². The summed E-state index contributed by atoms with van der Waals surface area (Å²) in [5.74, 6) is 1.73. The monoisotopic (exact) mass is 233 g/mol. The van der Waals surface area contributed by atoms with E-state index in [1.807, 2.05) is 19.1 Å². The van der Waals surface area contributed by atoms with Crippen molar-refractivity contribution in [3.05, 3.63) is 36.3 Å². The van der Waals surface area contributed by atoms with Gasteiger partial charge >= 0.3 is 0 Å². The fourth-order valence-corrected chi connectivity index (χ4v) is 1.67. The summed E-state index contributed by atoms with van der Waals surface area (Å²) in [5.41, 5.74) is 0. The molecule has 0 aliphatic heterocycles. The second kappa shape index (κ2) is 5.43. The lowest BCUT2D eigenvalue weighted by Crippen LogP contribution is -2.11. The first-order valence-corrected chi connectivity index (χ1v) is 5.70. The second-order valence-corrected chi connectivity index (χ2v) is 3.79. The number of aromatic nitrogens is 3. The van der Waals surface area contributed by atoms with E-state index in [0.29, 0.717) is 19.3 Å². The van der Waals surface area contributed by atoms with E-state index >= 15 is 0 Å². The van der Waals surface area contributed by atoms with Crippen molar-refractivity contribution in [2.24, 2.45) is 0 Å². The Hall–Kier alpha value is -1.91. The molecule has 0 aliphatic carbocycles. The Bertz CT molecular complexity index is 474. The van der Waals surface area contributed by atoms with Crippen LogP contribution in [0.1, 0.15) is 24.9 Å². The predicted octanol–water partition coefficient (Wildman–Crippen LogP) is 1.64. The maximum absolute atomic E-state index is 11.8. The molecule has 5 heteroatoms. The van der Waals surface area contributed by atoms with Crippen molar-refractivity contribution in [2.45, 2.75) is 32.7 Å². The summed E-state index contributed by atoms with van der Waals surface area (Å²) in [6.45, 7) is 2.71. The van der Waals surface area contributed by atoms with Gasteiger partial charge in [0.15, 0.2) is 0 Å². The van der Waals surface area contributed by atoms with Gasteiger partial charge in [0.1, 0.15) is 23.7 Å². The van der Waals surface area contributed by atoms with Gasteiger partial charge in [0.05, 0.1) is 12.7 Å². The summed E-state index contributed by atoms with van der Waals surface area (Å²) in [6.07, 6.45) is 4.57. The van der Waals surface area contributed by atoms with Gasteiger partial charge in [0, 0.05) is 19.4 Å². The average Bonchev–Trinajstić information content (AvgIpc) is 2.97. The second-order valence-electron chi connectivity index (χ2n) is 3.79. The smallest absolute Gasteiger partial charge is 0.140 e. The number of carbonyl (C=O) groups excluding carboxylic acids is 1. The lowest BCUT2D eigenvalue weighted by Gasteiger charge is -2.01. The molecule has 0 aliphatic rings. The Morgan fingerprint density at radius 3 is 3.12 bits per heavy atom. The van der Waals surface area contributed by atoms with Crippen molar-refractivity contribution >= 4 is 5.78 Å². The van der Waals surface area contributed by atoms with E-state index in [2.05, 4.69) is 10.1 Å². The molecule has 0 saturated carbocycles. The van der Waals surface area contributed by atoms with Crippen LogP contribution in [0.3, 0.4) is 0 Å². The summed E-state index contributed by atoms with van der Waals surface area (Å²) in [7, 11) is 0. The molecule has 2 aromatic heterocycles. The van der Waals surface area contributed by atoms with E-state index in [1.54, 1.807) is 10.9 Å². The van der Waals surface area contributed by atoms with Crippen molar-refractivity contribution in [3.63, 3.8) is 0 Å². The maximum atomic E-state index is 11.8. The van der Waals surface area contributed by atoms with Crippen molar-refractivity contribution in [1.82, 2.24) is 14.8 Å². The van der Waals surface area contributed by atoms with Crippen LogP contribution in [0, 0.1) is 0 Å². The van der Waals surface area contributed by atoms with E-state index in [4.69, 9.17) is 4.42 Å². The quantitative estimate of drug-likeness (QED) is 0.761. The molecule has 0 amide bonds. The lowest BCUT2D eigenvalue weighted by atomic mass is 10.1. The minimum Gasteiger partial charge on any atom is -0.469 e. The minimum absolute atomic E-state index is 0.157. The number of nitrogens with zero attached hydrogens (tertiary/aromatic N) is 3. The van der Waals surface area contributed by atoms with E-state index in [-0.39, 0.29) is 5.78 Å². The molecular weight excluding hydrogens is 218 g/mol. The van der Waals surface area contributed by atoms with Crippen LogP contribution in [-0.4, -0.2) is 20.5 Å². The summed E-state index contributed by atoms with van der Waals surface area (Å²) in [5, 5.41) is 4.03. The van der Waals surface area contributed by atoms with Crippen molar-refractivity contribution in [2.75, 3.05) is 0 Å². The molecule has 0 atom stereocenters. The molecule has 0 N–H and O–H groups in total. The third-order valence-corrected chi connectivity index (χ3v) is 2.58. The fourth-order valence-electron chi connectivity index (χ4n) is 1.67. The number of furan rings is 1. The van der Waals surface area contributed by atoms with Crippen molar-refractivity contribution in [3.8, 4) is 0 Å². The number of ketones is 1. The lowest BCUT2D eigenvalue weighted by molar-refractivity contribution is -0.118.